The van der Waals surface area contributed by atoms with Crippen LogP contribution in [-0.4, -0.2) is 53.4 Å². The molecule has 0 bridgehead atoms. The summed E-state index contributed by atoms with van der Waals surface area (Å²) in [5, 5.41) is 7.78. The quantitative estimate of drug-likeness (QED) is 0.618. The van der Waals surface area contributed by atoms with Crippen molar-refractivity contribution in [2.24, 2.45) is 17.5 Å². The number of aromatic nitrogens is 2. The summed E-state index contributed by atoms with van der Waals surface area (Å²) in [6.45, 7) is 6.28. The van der Waals surface area contributed by atoms with Gasteiger partial charge < -0.3 is 15.0 Å². The van der Waals surface area contributed by atoms with Crippen molar-refractivity contribution in [2.45, 2.75) is 32.3 Å². The van der Waals surface area contributed by atoms with Gasteiger partial charge in [0, 0.05) is 38.4 Å². The maximum atomic E-state index is 5.99. The van der Waals surface area contributed by atoms with Crippen molar-refractivity contribution in [3.05, 3.63) is 53.9 Å². The van der Waals surface area contributed by atoms with Gasteiger partial charge in [-0.25, -0.2) is 0 Å². The van der Waals surface area contributed by atoms with Crippen molar-refractivity contribution in [3.63, 3.8) is 0 Å². The Morgan fingerprint density at radius 2 is 2.14 bits per heavy atom. The zero-order valence-electron chi connectivity index (χ0n) is 17.0. The van der Waals surface area contributed by atoms with E-state index in [1.54, 1.807) is 0 Å². The van der Waals surface area contributed by atoms with E-state index in [0.717, 1.165) is 44.1 Å². The van der Waals surface area contributed by atoms with Gasteiger partial charge in [-0.1, -0.05) is 30.3 Å². The predicted octanol–water partition coefficient (Wildman–Crippen LogP) is 2.78. The molecule has 2 fully saturated rings. The summed E-state index contributed by atoms with van der Waals surface area (Å²) in [5.41, 5.74) is 2.89. The van der Waals surface area contributed by atoms with E-state index in [2.05, 4.69) is 52.6 Å². The molecule has 1 saturated carbocycles. The van der Waals surface area contributed by atoms with Crippen LogP contribution in [0.5, 0.6) is 0 Å². The number of nitrogens with one attached hydrogen (secondary N) is 1. The molecule has 2 aromatic rings. The Morgan fingerprint density at radius 3 is 2.82 bits per heavy atom. The molecule has 28 heavy (non-hydrogen) atoms. The highest BCUT2D eigenvalue weighted by molar-refractivity contribution is 5.80. The van der Waals surface area contributed by atoms with Crippen molar-refractivity contribution in [1.82, 2.24) is 20.0 Å². The molecule has 1 aromatic heterocycles. The van der Waals surface area contributed by atoms with Gasteiger partial charge in [0.05, 0.1) is 19.3 Å². The number of aliphatic imine (C=N–C) groups is 1. The molecule has 1 aromatic carbocycles. The molecule has 1 aliphatic carbocycles. The lowest BCUT2D eigenvalue weighted by molar-refractivity contribution is -0.00807. The Hall–Kier alpha value is -2.34. The smallest absolute Gasteiger partial charge is 0.194 e. The fraction of sp³-hybridized carbons (Fsp3) is 0.545. The van der Waals surface area contributed by atoms with Crippen LogP contribution in [0.3, 0.4) is 0 Å². The van der Waals surface area contributed by atoms with Gasteiger partial charge in [0.15, 0.2) is 5.96 Å². The molecule has 1 saturated heterocycles. The first kappa shape index (κ1) is 19.0. The first-order valence-corrected chi connectivity index (χ1v) is 10.3. The minimum atomic E-state index is 0.0468. The zero-order chi connectivity index (χ0) is 19.4. The van der Waals surface area contributed by atoms with Gasteiger partial charge in [0.2, 0.25) is 0 Å². The van der Waals surface area contributed by atoms with Crippen LogP contribution in [0.4, 0.5) is 0 Å². The molecular weight excluding hydrogens is 350 g/mol. The lowest BCUT2D eigenvalue weighted by atomic mass is 9.97. The second kappa shape index (κ2) is 8.35. The Morgan fingerprint density at radius 1 is 1.32 bits per heavy atom. The molecule has 1 atom stereocenters. The molecule has 4 rings (SSSR count). The van der Waals surface area contributed by atoms with Gasteiger partial charge in [0.1, 0.15) is 6.10 Å². The molecule has 0 spiro atoms. The SMILES string of the molecule is CCNC(=NCC1(Cc2ccccc2)CC1)N1CCOC(c2cnn(C)c2)C1. The average Bonchev–Trinajstić information content (AvgIpc) is 3.34. The lowest BCUT2D eigenvalue weighted by Gasteiger charge is -2.35. The summed E-state index contributed by atoms with van der Waals surface area (Å²) in [5.74, 6) is 1.01. The van der Waals surface area contributed by atoms with E-state index in [0.29, 0.717) is 12.0 Å². The normalized spacial score (nSPS) is 21.6. The molecule has 0 amide bonds. The van der Waals surface area contributed by atoms with Crippen LogP contribution >= 0.6 is 0 Å². The second-order valence-corrected chi connectivity index (χ2v) is 8.09. The molecule has 1 unspecified atom stereocenters. The minimum absolute atomic E-state index is 0.0468. The summed E-state index contributed by atoms with van der Waals surface area (Å²) >= 11 is 0. The molecule has 1 aliphatic heterocycles. The predicted molar refractivity (Wildman–Crippen MR) is 111 cm³/mol. The number of benzene rings is 1. The van der Waals surface area contributed by atoms with Crippen molar-refractivity contribution in [3.8, 4) is 0 Å². The highest BCUT2D eigenvalue weighted by atomic mass is 16.5. The van der Waals surface area contributed by atoms with Crippen molar-refractivity contribution in [1.29, 1.82) is 0 Å². The fourth-order valence-corrected chi connectivity index (χ4v) is 3.91. The van der Waals surface area contributed by atoms with Gasteiger partial charge in [-0.15, -0.1) is 0 Å². The van der Waals surface area contributed by atoms with E-state index in [4.69, 9.17) is 9.73 Å². The Balaban J connectivity index is 1.43. The van der Waals surface area contributed by atoms with Crippen molar-refractivity contribution < 1.29 is 4.74 Å². The van der Waals surface area contributed by atoms with Gasteiger partial charge in [-0.2, -0.15) is 5.10 Å². The third kappa shape index (κ3) is 4.55. The number of aryl methyl sites for hydroxylation is 1. The van der Waals surface area contributed by atoms with Gasteiger partial charge in [-0.05, 0) is 37.2 Å². The summed E-state index contributed by atoms with van der Waals surface area (Å²) < 4.78 is 7.83. The van der Waals surface area contributed by atoms with Crippen LogP contribution < -0.4 is 5.32 Å². The fourth-order valence-electron chi connectivity index (χ4n) is 3.91. The van der Waals surface area contributed by atoms with Crippen LogP contribution in [0.2, 0.25) is 0 Å². The van der Waals surface area contributed by atoms with Crippen LogP contribution in [0, 0.1) is 5.41 Å². The van der Waals surface area contributed by atoms with E-state index in [9.17, 15) is 0 Å². The third-order valence-corrected chi connectivity index (χ3v) is 5.74. The number of hydrogen-bond donors (Lipinski definition) is 1. The third-order valence-electron chi connectivity index (χ3n) is 5.74. The van der Waals surface area contributed by atoms with E-state index in [-0.39, 0.29) is 6.10 Å². The number of guanidine groups is 1. The minimum Gasteiger partial charge on any atom is -0.370 e. The standard InChI is InChI=1S/C22H31N5O/c1-3-23-21(24-17-22(9-10-22)13-18-7-5-4-6-8-18)27-11-12-28-20(16-27)19-14-25-26(2)15-19/h4-8,14-15,20H,3,9-13,16-17H2,1-2H3,(H,23,24). The Labute approximate surface area is 167 Å². The number of ether oxygens (including phenoxy) is 1. The van der Waals surface area contributed by atoms with E-state index >= 15 is 0 Å². The first-order chi connectivity index (χ1) is 13.7. The van der Waals surface area contributed by atoms with Gasteiger partial charge in [-0.3, -0.25) is 9.67 Å². The Kier molecular flexibility index (Phi) is 5.67. The zero-order valence-corrected chi connectivity index (χ0v) is 17.0. The number of nitrogens with zero attached hydrogens (tertiary/aromatic N) is 4. The molecule has 6 nitrogen and oxygen atoms in total. The maximum absolute atomic E-state index is 5.99. The second-order valence-electron chi connectivity index (χ2n) is 8.09. The van der Waals surface area contributed by atoms with E-state index < -0.39 is 0 Å². The summed E-state index contributed by atoms with van der Waals surface area (Å²) in [6.07, 6.45) is 7.65. The van der Waals surface area contributed by atoms with Crippen LogP contribution in [-0.2, 0) is 18.2 Å². The number of rotatable bonds is 6. The monoisotopic (exact) mass is 381 g/mol. The highest BCUT2D eigenvalue weighted by Crippen LogP contribution is 2.48. The lowest BCUT2D eigenvalue weighted by Crippen LogP contribution is -2.48. The summed E-state index contributed by atoms with van der Waals surface area (Å²) in [4.78, 5) is 7.39. The summed E-state index contributed by atoms with van der Waals surface area (Å²) in [6, 6.07) is 10.8. The van der Waals surface area contributed by atoms with Crippen molar-refractivity contribution >= 4 is 5.96 Å². The topological polar surface area (TPSA) is 54.7 Å². The van der Waals surface area contributed by atoms with Crippen LogP contribution in [0.15, 0.2) is 47.7 Å². The molecular formula is C22H31N5O. The average molecular weight is 382 g/mol. The van der Waals surface area contributed by atoms with E-state index in [1.165, 1.54) is 18.4 Å². The number of morpholine rings is 1. The molecule has 2 heterocycles. The number of hydrogen-bond acceptors (Lipinski definition) is 3. The molecule has 1 N–H and O–H groups in total. The molecule has 150 valence electrons. The van der Waals surface area contributed by atoms with Gasteiger partial charge in [0.25, 0.3) is 0 Å². The van der Waals surface area contributed by atoms with Gasteiger partial charge >= 0.3 is 0 Å². The molecule has 6 heteroatoms. The molecule has 2 aliphatic rings. The molecule has 0 radical (unpaired) electrons. The maximum Gasteiger partial charge on any atom is 0.194 e. The summed E-state index contributed by atoms with van der Waals surface area (Å²) in [7, 11) is 1.94. The first-order valence-electron chi connectivity index (χ1n) is 10.3. The van der Waals surface area contributed by atoms with E-state index in [1.807, 2.05) is 24.1 Å². The van der Waals surface area contributed by atoms with Crippen LogP contribution in [0.1, 0.15) is 37.0 Å². The highest BCUT2D eigenvalue weighted by Gasteiger charge is 2.42. The largest absolute Gasteiger partial charge is 0.370 e. The van der Waals surface area contributed by atoms with Crippen molar-refractivity contribution in [2.75, 3.05) is 32.8 Å². The Bertz CT molecular complexity index is 796. The van der Waals surface area contributed by atoms with Crippen LogP contribution in [0.25, 0.3) is 0 Å².